The van der Waals surface area contributed by atoms with E-state index in [0.717, 1.165) is 96.3 Å². The van der Waals surface area contributed by atoms with Gasteiger partial charge in [0.05, 0.1) is 11.9 Å². The molecule has 2 unspecified atom stereocenters. The number of carboxylic acids is 1. The molecule has 2 aromatic heterocycles. The van der Waals surface area contributed by atoms with Crippen molar-refractivity contribution in [2.75, 3.05) is 0 Å². The Morgan fingerprint density at radius 3 is 2.00 bits per heavy atom. The van der Waals surface area contributed by atoms with Crippen molar-refractivity contribution >= 4 is 17.6 Å². The Bertz CT molecular complexity index is 1340. The van der Waals surface area contributed by atoms with E-state index >= 15 is 0 Å². The Hall–Kier alpha value is -3.40. The summed E-state index contributed by atoms with van der Waals surface area (Å²) in [6.07, 6.45) is 21.9. The first-order chi connectivity index (χ1) is 21.4. The fraction of sp³-hybridized carbons (Fsp3) is 0.647. The van der Waals surface area contributed by atoms with Crippen LogP contribution in [0.3, 0.4) is 0 Å². The summed E-state index contributed by atoms with van der Waals surface area (Å²) in [7, 11) is 0. The van der Waals surface area contributed by atoms with Crippen LogP contribution in [-0.2, 0) is 10.5 Å². The molecule has 0 aromatic carbocycles. The molecule has 0 spiro atoms. The zero-order valence-corrected chi connectivity index (χ0v) is 25.9. The molecule has 3 saturated carbocycles. The minimum atomic E-state index is -1.61. The quantitative estimate of drug-likeness (QED) is 0.349. The molecule has 236 valence electrons. The molecular weight excluding hydrogens is 556 g/mol. The van der Waals surface area contributed by atoms with Gasteiger partial charge in [0.2, 0.25) is 0 Å². The second-order valence-corrected chi connectivity index (χ2v) is 13.4. The topological polar surface area (TPSA) is 133 Å². The van der Waals surface area contributed by atoms with Gasteiger partial charge < -0.3 is 10.2 Å². The van der Waals surface area contributed by atoms with Crippen LogP contribution in [0.2, 0.25) is 0 Å². The molecule has 2 N–H and O–H groups in total. The lowest BCUT2D eigenvalue weighted by Gasteiger charge is -2.63. The van der Waals surface area contributed by atoms with Crippen molar-refractivity contribution in [3.05, 3.63) is 54.3 Å². The number of nitrogens with zero attached hydrogens (tertiary/aromatic N) is 6. The molecule has 2 aromatic rings. The smallest absolute Gasteiger partial charge is 0.413 e. The maximum atomic E-state index is 14.1. The van der Waals surface area contributed by atoms with Crippen LogP contribution in [-0.4, -0.2) is 63.6 Å². The van der Waals surface area contributed by atoms with Gasteiger partial charge in [0.25, 0.3) is 0 Å². The average molecular weight is 603 g/mol. The lowest BCUT2D eigenvalue weighted by Crippen LogP contribution is -2.75. The van der Waals surface area contributed by atoms with E-state index in [9.17, 15) is 19.8 Å². The SMILES string of the molecule is CC1(C(=O)O)C(c2cnccn2)=C(C2CCCCC2)N(C(=O)O)C(CC2CCCCC2)(c2ncccn2)N1C1CCCCC1. The van der Waals surface area contributed by atoms with Gasteiger partial charge in [-0.2, -0.15) is 0 Å². The van der Waals surface area contributed by atoms with Crippen LogP contribution in [0.15, 0.2) is 42.7 Å². The summed E-state index contributed by atoms with van der Waals surface area (Å²) >= 11 is 0. The van der Waals surface area contributed by atoms with E-state index in [1.54, 1.807) is 48.9 Å². The largest absolute Gasteiger partial charge is 0.480 e. The highest BCUT2D eigenvalue weighted by Gasteiger charge is 2.66. The predicted molar refractivity (Wildman–Crippen MR) is 165 cm³/mol. The number of aliphatic carboxylic acids is 1. The Morgan fingerprint density at radius 1 is 0.818 bits per heavy atom. The van der Waals surface area contributed by atoms with Crippen LogP contribution in [0.25, 0.3) is 5.57 Å². The molecule has 2 atom stereocenters. The van der Waals surface area contributed by atoms with Gasteiger partial charge >= 0.3 is 12.1 Å². The molecule has 0 saturated heterocycles. The van der Waals surface area contributed by atoms with E-state index < -0.39 is 23.3 Å². The third-order valence-corrected chi connectivity index (χ3v) is 10.8. The van der Waals surface area contributed by atoms with E-state index in [4.69, 9.17) is 9.97 Å². The molecule has 6 rings (SSSR count). The summed E-state index contributed by atoms with van der Waals surface area (Å²) in [4.78, 5) is 50.4. The third-order valence-electron chi connectivity index (χ3n) is 10.8. The molecule has 10 nitrogen and oxygen atoms in total. The molecule has 10 heteroatoms. The summed E-state index contributed by atoms with van der Waals surface area (Å²) in [5.41, 5.74) is -1.58. The van der Waals surface area contributed by atoms with Gasteiger partial charge in [-0.15, -0.1) is 0 Å². The van der Waals surface area contributed by atoms with Crippen molar-refractivity contribution in [2.24, 2.45) is 11.8 Å². The van der Waals surface area contributed by atoms with Crippen molar-refractivity contribution in [1.82, 2.24) is 29.7 Å². The summed E-state index contributed by atoms with van der Waals surface area (Å²) in [5.74, 6) is -0.564. The average Bonchev–Trinajstić information content (AvgIpc) is 3.06. The molecular formula is C34H46N6O4. The number of carbonyl (C=O) groups is 2. The van der Waals surface area contributed by atoms with Crippen molar-refractivity contribution in [1.29, 1.82) is 0 Å². The van der Waals surface area contributed by atoms with Crippen molar-refractivity contribution in [3.63, 3.8) is 0 Å². The first kappa shape index (κ1) is 30.6. The van der Waals surface area contributed by atoms with Crippen molar-refractivity contribution < 1.29 is 19.8 Å². The maximum Gasteiger partial charge on any atom is 0.413 e. The summed E-state index contributed by atoms with van der Waals surface area (Å²) in [6, 6.07) is 1.56. The number of rotatable bonds is 7. The van der Waals surface area contributed by atoms with Gasteiger partial charge in [0.1, 0.15) is 5.54 Å². The molecule has 3 heterocycles. The molecule has 3 fully saturated rings. The fourth-order valence-corrected chi connectivity index (χ4v) is 9.00. The van der Waals surface area contributed by atoms with E-state index in [-0.39, 0.29) is 17.9 Å². The number of carboxylic acid groups (broad SMARTS) is 2. The van der Waals surface area contributed by atoms with Gasteiger partial charge in [-0.3, -0.25) is 19.8 Å². The molecule has 0 radical (unpaired) electrons. The Morgan fingerprint density at radius 2 is 1.43 bits per heavy atom. The number of hydrogen-bond donors (Lipinski definition) is 2. The van der Waals surface area contributed by atoms with Crippen molar-refractivity contribution in [2.45, 2.75) is 127 Å². The highest BCUT2D eigenvalue weighted by Crippen LogP contribution is 2.58. The van der Waals surface area contributed by atoms with Gasteiger partial charge in [0.15, 0.2) is 11.5 Å². The van der Waals surface area contributed by atoms with Crippen LogP contribution in [0.4, 0.5) is 4.79 Å². The van der Waals surface area contributed by atoms with Crippen LogP contribution in [0.5, 0.6) is 0 Å². The van der Waals surface area contributed by atoms with E-state index in [2.05, 4.69) is 14.9 Å². The van der Waals surface area contributed by atoms with Crippen LogP contribution < -0.4 is 0 Å². The lowest BCUT2D eigenvalue weighted by atomic mass is 9.69. The standard InChI is InChI=1S/C34H46N6O4/c1-33(31(41)42)28(27-23-35-20-21-36-27)29(25-14-7-3-8-15-25)39(32(43)44)34(30-37-18-11-19-38-30,22-24-12-5-2-6-13-24)40(33)26-16-9-4-10-17-26/h11,18-21,23-26H,2-10,12-17,22H2,1H3,(H,41,42)(H,43,44). The number of aromatic nitrogens is 4. The van der Waals surface area contributed by atoms with Crippen LogP contribution in [0.1, 0.15) is 121 Å². The maximum absolute atomic E-state index is 14.1. The zero-order valence-electron chi connectivity index (χ0n) is 25.9. The summed E-state index contributed by atoms with van der Waals surface area (Å²) in [6.45, 7) is 1.79. The lowest BCUT2D eigenvalue weighted by molar-refractivity contribution is -0.176. The second-order valence-electron chi connectivity index (χ2n) is 13.4. The van der Waals surface area contributed by atoms with E-state index in [0.29, 0.717) is 29.2 Å². The summed E-state index contributed by atoms with van der Waals surface area (Å²) < 4.78 is 0. The normalized spacial score (nSPS) is 28.2. The van der Waals surface area contributed by atoms with E-state index in [1.807, 2.05) is 0 Å². The molecule has 1 amide bonds. The van der Waals surface area contributed by atoms with E-state index in [1.165, 1.54) is 0 Å². The van der Waals surface area contributed by atoms with Gasteiger partial charge in [-0.05, 0) is 56.9 Å². The van der Waals surface area contributed by atoms with Gasteiger partial charge in [-0.1, -0.05) is 70.6 Å². The number of hydrogen-bond acceptors (Lipinski definition) is 7. The zero-order chi connectivity index (χ0) is 30.7. The van der Waals surface area contributed by atoms with Gasteiger partial charge in [-0.25, -0.2) is 19.6 Å². The Labute approximate surface area is 260 Å². The second kappa shape index (κ2) is 12.9. The first-order valence-corrected chi connectivity index (χ1v) is 16.7. The molecule has 3 aliphatic carbocycles. The Balaban J connectivity index is 1.75. The monoisotopic (exact) mass is 602 g/mol. The first-order valence-electron chi connectivity index (χ1n) is 16.7. The molecule has 1 aliphatic heterocycles. The highest BCUT2D eigenvalue weighted by atomic mass is 16.4. The number of allylic oxidation sites excluding steroid dienone is 1. The highest BCUT2D eigenvalue weighted by molar-refractivity contribution is 5.98. The molecule has 44 heavy (non-hydrogen) atoms. The minimum Gasteiger partial charge on any atom is -0.480 e. The van der Waals surface area contributed by atoms with Gasteiger partial charge in [0, 0.05) is 42.1 Å². The van der Waals surface area contributed by atoms with Crippen LogP contribution >= 0.6 is 0 Å². The number of amides is 1. The van der Waals surface area contributed by atoms with Crippen LogP contribution in [0, 0.1) is 11.8 Å². The third kappa shape index (κ3) is 5.29. The predicted octanol–water partition coefficient (Wildman–Crippen LogP) is 6.85. The fourth-order valence-electron chi connectivity index (χ4n) is 9.00. The molecule has 4 aliphatic rings. The summed E-state index contributed by atoms with van der Waals surface area (Å²) in [5, 5.41) is 23.0. The molecule has 0 bridgehead atoms. The minimum absolute atomic E-state index is 0.140. The van der Waals surface area contributed by atoms with Crippen molar-refractivity contribution in [3.8, 4) is 0 Å². The Kier molecular flexibility index (Phi) is 8.98.